The molecule has 3 aromatic carbocycles. The Kier molecular flexibility index (Phi) is 8.16. The average Bonchev–Trinajstić information content (AvgIpc) is 3.29. The van der Waals surface area contributed by atoms with Gasteiger partial charge in [0.2, 0.25) is 16.0 Å². The molecule has 0 saturated heterocycles. The van der Waals surface area contributed by atoms with Crippen molar-refractivity contribution in [3.05, 3.63) is 101 Å². The van der Waals surface area contributed by atoms with Crippen LogP contribution in [0.15, 0.2) is 93.3 Å². The van der Waals surface area contributed by atoms with Gasteiger partial charge in [0.05, 0.1) is 22.9 Å². The third-order valence-electron chi connectivity index (χ3n) is 5.68. The van der Waals surface area contributed by atoms with E-state index in [4.69, 9.17) is 16.7 Å². The monoisotopic (exact) mass is 577 g/mol. The van der Waals surface area contributed by atoms with E-state index >= 15 is 0 Å². The first-order valence-electron chi connectivity index (χ1n) is 11.5. The molecule has 38 heavy (non-hydrogen) atoms. The van der Waals surface area contributed by atoms with Crippen LogP contribution in [0.3, 0.4) is 0 Å². The van der Waals surface area contributed by atoms with Crippen LogP contribution in [0.5, 0.6) is 0 Å². The van der Waals surface area contributed by atoms with Crippen molar-refractivity contribution in [1.29, 1.82) is 0 Å². The summed E-state index contributed by atoms with van der Waals surface area (Å²) in [5, 5.41) is 14.4. The number of nitrogens with two attached hydrogens (primary N) is 1. The number of hydrazone groups is 1. The van der Waals surface area contributed by atoms with Crippen LogP contribution < -0.4 is 10.5 Å². The Bertz CT molecular complexity index is 1560. The highest BCUT2D eigenvalue weighted by molar-refractivity contribution is 7.90. The van der Waals surface area contributed by atoms with Gasteiger partial charge in [-0.3, -0.25) is 0 Å². The van der Waals surface area contributed by atoms with Gasteiger partial charge in [-0.05, 0) is 54.4 Å². The quantitative estimate of drug-likeness (QED) is 0.327. The van der Waals surface area contributed by atoms with E-state index in [-0.39, 0.29) is 23.3 Å². The molecule has 0 aromatic heterocycles. The molecule has 13 heteroatoms. The maximum absolute atomic E-state index is 13.6. The van der Waals surface area contributed by atoms with Crippen LogP contribution in [0.2, 0.25) is 5.02 Å². The van der Waals surface area contributed by atoms with Crippen LogP contribution in [0.1, 0.15) is 24.0 Å². The van der Waals surface area contributed by atoms with Crippen molar-refractivity contribution >= 4 is 43.3 Å². The Morgan fingerprint density at radius 1 is 1.08 bits per heavy atom. The van der Waals surface area contributed by atoms with E-state index in [0.717, 1.165) is 5.56 Å². The third-order valence-corrected chi connectivity index (χ3v) is 8.17. The molecule has 0 aliphatic carbocycles. The summed E-state index contributed by atoms with van der Waals surface area (Å²) in [5.41, 5.74) is 2.10. The fourth-order valence-corrected chi connectivity index (χ4v) is 5.86. The highest BCUT2D eigenvalue weighted by Crippen LogP contribution is 2.29. The minimum atomic E-state index is -4.25. The molecule has 0 saturated carbocycles. The van der Waals surface area contributed by atoms with Gasteiger partial charge in [0.1, 0.15) is 5.82 Å². The molecule has 1 heterocycles. The molecule has 1 aliphatic rings. The van der Waals surface area contributed by atoms with Crippen LogP contribution >= 0.6 is 11.6 Å². The zero-order chi connectivity index (χ0) is 27.5. The second kappa shape index (κ2) is 11.2. The lowest BCUT2D eigenvalue weighted by Gasteiger charge is -2.22. The van der Waals surface area contributed by atoms with E-state index in [2.05, 4.69) is 14.8 Å². The summed E-state index contributed by atoms with van der Waals surface area (Å²) in [6.45, 7) is 1.71. The van der Waals surface area contributed by atoms with Crippen LogP contribution in [0.4, 0.5) is 4.39 Å². The van der Waals surface area contributed by atoms with Crippen molar-refractivity contribution in [3.8, 4) is 0 Å². The van der Waals surface area contributed by atoms with Gasteiger partial charge in [0.25, 0.3) is 10.0 Å². The highest BCUT2D eigenvalue weighted by Gasteiger charge is 2.33. The molecule has 1 aliphatic heterocycles. The molecule has 0 unspecified atom stereocenters. The number of primary sulfonamides is 1. The summed E-state index contributed by atoms with van der Waals surface area (Å²) in [6.07, 6.45) is 0. The van der Waals surface area contributed by atoms with Gasteiger partial charge in [-0.2, -0.15) is 13.5 Å². The maximum Gasteiger partial charge on any atom is 0.285 e. The summed E-state index contributed by atoms with van der Waals surface area (Å²) in [7, 11) is -8.12. The predicted molar refractivity (Wildman–Crippen MR) is 145 cm³/mol. The SMILES string of the molecule is C[C@H](CS(N)(=O)=O)N/C(=N\S(=O)(=O)c1ccc(Cl)cc1)N1C[C@@H](c2ccccc2)C(c2ccc(F)cc2)=N1. The van der Waals surface area contributed by atoms with Crippen LogP contribution in [-0.4, -0.2) is 51.9 Å². The van der Waals surface area contributed by atoms with Crippen molar-refractivity contribution in [2.24, 2.45) is 14.6 Å². The molecule has 2 atom stereocenters. The molecule has 0 amide bonds. The number of nitrogens with one attached hydrogen (secondary N) is 1. The van der Waals surface area contributed by atoms with Gasteiger partial charge in [-0.1, -0.05) is 54.1 Å². The number of hydrogen-bond donors (Lipinski definition) is 2. The molecule has 3 aromatic rings. The molecule has 3 N–H and O–H groups in total. The molecule has 0 radical (unpaired) electrons. The number of benzene rings is 3. The van der Waals surface area contributed by atoms with Crippen molar-refractivity contribution in [3.63, 3.8) is 0 Å². The summed E-state index contributed by atoms with van der Waals surface area (Å²) < 4.78 is 67.4. The van der Waals surface area contributed by atoms with Gasteiger partial charge >= 0.3 is 0 Å². The van der Waals surface area contributed by atoms with E-state index < -0.39 is 37.7 Å². The minimum Gasteiger partial charge on any atom is -0.350 e. The lowest BCUT2D eigenvalue weighted by molar-refractivity contribution is 0.448. The van der Waals surface area contributed by atoms with Crippen molar-refractivity contribution < 1.29 is 21.2 Å². The largest absolute Gasteiger partial charge is 0.350 e. The number of sulfonamides is 2. The van der Waals surface area contributed by atoms with Gasteiger partial charge in [0, 0.05) is 17.0 Å². The van der Waals surface area contributed by atoms with Crippen molar-refractivity contribution in [2.45, 2.75) is 23.8 Å². The Morgan fingerprint density at radius 2 is 1.71 bits per heavy atom. The Balaban J connectivity index is 1.79. The zero-order valence-electron chi connectivity index (χ0n) is 20.2. The van der Waals surface area contributed by atoms with Crippen LogP contribution in [-0.2, 0) is 20.0 Å². The molecule has 4 rings (SSSR count). The lowest BCUT2D eigenvalue weighted by Crippen LogP contribution is -2.46. The normalized spacial score (nSPS) is 17.3. The van der Waals surface area contributed by atoms with Gasteiger partial charge in [-0.25, -0.2) is 23.0 Å². The second-order valence-electron chi connectivity index (χ2n) is 8.76. The molecule has 200 valence electrons. The van der Waals surface area contributed by atoms with E-state index in [1.807, 2.05) is 30.3 Å². The number of rotatable bonds is 7. The molecule has 0 bridgehead atoms. The van der Waals surface area contributed by atoms with E-state index in [1.165, 1.54) is 48.3 Å². The molecule has 9 nitrogen and oxygen atoms in total. The van der Waals surface area contributed by atoms with Crippen LogP contribution in [0.25, 0.3) is 0 Å². The molecular weight excluding hydrogens is 553 g/mol. The molecular formula is C25H25ClFN5O4S2. The van der Waals surface area contributed by atoms with Gasteiger partial charge < -0.3 is 5.32 Å². The van der Waals surface area contributed by atoms with E-state index in [1.54, 1.807) is 12.1 Å². The predicted octanol–water partition coefficient (Wildman–Crippen LogP) is 3.29. The number of guanidine groups is 1. The van der Waals surface area contributed by atoms with Gasteiger partial charge in [0.15, 0.2) is 0 Å². The fraction of sp³-hybridized carbons (Fsp3) is 0.200. The number of nitrogens with zero attached hydrogens (tertiary/aromatic N) is 3. The third kappa shape index (κ3) is 6.95. The number of hydrogen-bond acceptors (Lipinski definition) is 5. The van der Waals surface area contributed by atoms with E-state index in [0.29, 0.717) is 16.3 Å². The minimum absolute atomic E-state index is 0.109. The highest BCUT2D eigenvalue weighted by atomic mass is 35.5. The zero-order valence-corrected chi connectivity index (χ0v) is 22.6. The first-order valence-corrected chi connectivity index (χ1v) is 15.0. The Morgan fingerprint density at radius 3 is 2.32 bits per heavy atom. The fourth-order valence-electron chi connectivity index (χ4n) is 3.99. The van der Waals surface area contributed by atoms with Crippen molar-refractivity contribution in [2.75, 3.05) is 12.3 Å². The molecule has 0 fully saturated rings. The lowest BCUT2D eigenvalue weighted by atomic mass is 9.91. The van der Waals surface area contributed by atoms with Crippen LogP contribution in [0, 0.1) is 5.82 Å². The molecule has 0 spiro atoms. The maximum atomic E-state index is 13.6. The first kappa shape index (κ1) is 27.7. The Hall–Kier alpha value is -3.32. The summed E-state index contributed by atoms with van der Waals surface area (Å²) in [5.74, 6) is -1.39. The first-order chi connectivity index (χ1) is 17.9. The number of halogens is 2. The summed E-state index contributed by atoms with van der Waals surface area (Å²) in [4.78, 5) is -0.109. The summed E-state index contributed by atoms with van der Waals surface area (Å²) >= 11 is 5.90. The topological polar surface area (TPSA) is 134 Å². The average molecular weight is 578 g/mol. The van der Waals surface area contributed by atoms with E-state index in [9.17, 15) is 21.2 Å². The Labute approximate surface area is 225 Å². The van der Waals surface area contributed by atoms with Crippen molar-refractivity contribution in [1.82, 2.24) is 10.3 Å². The van der Waals surface area contributed by atoms with Gasteiger partial charge in [-0.15, -0.1) is 4.40 Å². The summed E-state index contributed by atoms with van der Waals surface area (Å²) in [6, 6.07) is 19.9. The standard InChI is InChI=1S/C25H25ClFN5O4S2/c1-17(16-37(28,33)34)29-25(31-38(35,36)22-13-9-20(26)10-14-22)32-15-23(18-5-3-2-4-6-18)24(30-32)19-7-11-21(27)12-8-19/h2-14,17,23H,15-16H2,1H3,(H,29,31)(H2,28,33,34)/t17-,23+/m1/s1. The second-order valence-corrected chi connectivity index (χ2v) is 12.5. The smallest absolute Gasteiger partial charge is 0.285 e.